The normalized spacial score (nSPS) is 15.2. The van der Waals surface area contributed by atoms with Crippen LogP contribution in [0, 0.1) is 16.0 Å². The van der Waals surface area contributed by atoms with Crippen molar-refractivity contribution in [3.8, 4) is 6.07 Å². The number of aromatic nitrogens is 3. The van der Waals surface area contributed by atoms with Gasteiger partial charge < -0.3 is 14.3 Å². The molecule has 86 valence electrons. The maximum atomic E-state index is 9.28. The van der Waals surface area contributed by atoms with Gasteiger partial charge in [0.15, 0.2) is 4.64 Å². The summed E-state index contributed by atoms with van der Waals surface area (Å²) in [6.45, 7) is 2.01. The molecular formula is C11H10N4OS. The van der Waals surface area contributed by atoms with Crippen LogP contribution in [-0.4, -0.2) is 27.7 Å². The second kappa shape index (κ2) is 3.95. The Hall–Kier alpha value is -1.71. The number of nitriles is 1. The highest BCUT2D eigenvalue weighted by Gasteiger charge is 2.20. The van der Waals surface area contributed by atoms with E-state index in [4.69, 9.17) is 17.0 Å². The fraction of sp³-hybridized carbons (Fsp3) is 0.364. The van der Waals surface area contributed by atoms with E-state index in [1.165, 1.54) is 0 Å². The standard InChI is InChI=1S/C11H10N4OS/c12-5-7-8-1-3-16-4-2-15(8)10-9(7)13-6-14-11(10)17/h6H,1-4H2,(H,13,14,17). The summed E-state index contributed by atoms with van der Waals surface area (Å²) in [6, 6.07) is 2.25. The molecule has 0 saturated heterocycles. The fourth-order valence-corrected chi connectivity index (χ4v) is 2.57. The van der Waals surface area contributed by atoms with Crippen molar-refractivity contribution in [2.75, 3.05) is 13.2 Å². The van der Waals surface area contributed by atoms with E-state index in [0.717, 1.165) is 29.7 Å². The molecule has 0 spiro atoms. The van der Waals surface area contributed by atoms with Gasteiger partial charge in [-0.15, -0.1) is 0 Å². The van der Waals surface area contributed by atoms with E-state index in [9.17, 15) is 5.26 Å². The van der Waals surface area contributed by atoms with Crippen molar-refractivity contribution in [3.05, 3.63) is 22.2 Å². The number of ether oxygens (including phenoxy) is 1. The summed E-state index contributed by atoms with van der Waals surface area (Å²) in [5.41, 5.74) is 3.30. The first-order chi connectivity index (χ1) is 8.33. The predicted molar refractivity (Wildman–Crippen MR) is 64.2 cm³/mol. The third kappa shape index (κ3) is 1.47. The molecule has 0 aliphatic carbocycles. The molecule has 0 saturated carbocycles. The molecule has 17 heavy (non-hydrogen) atoms. The summed E-state index contributed by atoms with van der Waals surface area (Å²) in [4.78, 5) is 7.11. The molecule has 0 bridgehead atoms. The number of rotatable bonds is 0. The van der Waals surface area contributed by atoms with Crippen molar-refractivity contribution in [1.82, 2.24) is 14.5 Å². The van der Waals surface area contributed by atoms with Crippen LogP contribution >= 0.6 is 12.2 Å². The van der Waals surface area contributed by atoms with Crippen molar-refractivity contribution >= 4 is 23.3 Å². The molecule has 0 atom stereocenters. The Morgan fingerprint density at radius 2 is 2.41 bits per heavy atom. The predicted octanol–water partition coefficient (Wildman–Crippen LogP) is 1.54. The molecular weight excluding hydrogens is 236 g/mol. The maximum absolute atomic E-state index is 9.28. The number of nitrogens with zero attached hydrogens (tertiary/aromatic N) is 3. The van der Waals surface area contributed by atoms with Crippen molar-refractivity contribution in [2.24, 2.45) is 0 Å². The molecule has 0 amide bonds. The van der Waals surface area contributed by atoms with Gasteiger partial charge in [0.1, 0.15) is 11.6 Å². The molecule has 3 rings (SSSR count). The lowest BCUT2D eigenvalue weighted by Gasteiger charge is -2.04. The van der Waals surface area contributed by atoms with Gasteiger partial charge in [0.25, 0.3) is 0 Å². The Labute approximate surface area is 103 Å². The Morgan fingerprint density at radius 1 is 1.53 bits per heavy atom. The molecule has 2 aromatic heterocycles. The molecule has 0 fully saturated rings. The Kier molecular flexibility index (Phi) is 2.42. The van der Waals surface area contributed by atoms with E-state index in [0.29, 0.717) is 23.4 Å². The molecule has 0 aromatic carbocycles. The quantitative estimate of drug-likeness (QED) is 0.716. The third-order valence-corrected chi connectivity index (χ3v) is 3.32. The Bertz CT molecular complexity index is 679. The fourth-order valence-electron chi connectivity index (χ4n) is 2.30. The van der Waals surface area contributed by atoms with E-state index < -0.39 is 0 Å². The zero-order valence-electron chi connectivity index (χ0n) is 9.06. The van der Waals surface area contributed by atoms with Crippen LogP contribution in [0.15, 0.2) is 6.33 Å². The molecule has 5 nitrogen and oxygen atoms in total. The van der Waals surface area contributed by atoms with Gasteiger partial charge in [-0.3, -0.25) is 0 Å². The highest BCUT2D eigenvalue weighted by atomic mass is 32.1. The lowest BCUT2D eigenvalue weighted by molar-refractivity contribution is 0.141. The second-order valence-electron chi connectivity index (χ2n) is 3.88. The minimum atomic E-state index is 0.531. The van der Waals surface area contributed by atoms with Gasteiger partial charge in [0, 0.05) is 18.7 Å². The van der Waals surface area contributed by atoms with E-state index >= 15 is 0 Å². The summed E-state index contributed by atoms with van der Waals surface area (Å²) in [5, 5.41) is 9.28. The molecule has 1 aliphatic heterocycles. The molecule has 0 unspecified atom stereocenters. The number of fused-ring (bicyclic) bond motifs is 3. The van der Waals surface area contributed by atoms with Crippen LogP contribution < -0.4 is 0 Å². The van der Waals surface area contributed by atoms with E-state index in [1.54, 1.807) is 6.33 Å². The summed E-state index contributed by atoms with van der Waals surface area (Å²) in [7, 11) is 0. The zero-order valence-corrected chi connectivity index (χ0v) is 9.88. The van der Waals surface area contributed by atoms with Gasteiger partial charge in [0.2, 0.25) is 0 Å². The monoisotopic (exact) mass is 246 g/mol. The van der Waals surface area contributed by atoms with Gasteiger partial charge >= 0.3 is 0 Å². The number of aromatic amines is 1. The Balaban J connectivity index is 2.46. The number of hydrogen-bond acceptors (Lipinski definition) is 4. The smallest absolute Gasteiger partial charge is 0.153 e. The number of H-pyrrole nitrogens is 1. The lowest BCUT2D eigenvalue weighted by atomic mass is 10.2. The van der Waals surface area contributed by atoms with Crippen molar-refractivity contribution in [1.29, 1.82) is 5.26 Å². The van der Waals surface area contributed by atoms with Gasteiger partial charge in [-0.1, -0.05) is 12.2 Å². The number of nitrogens with one attached hydrogen (secondary N) is 1. The summed E-state index contributed by atoms with van der Waals surface area (Å²) < 4.78 is 8.02. The van der Waals surface area contributed by atoms with Crippen LogP contribution in [0.1, 0.15) is 11.3 Å². The van der Waals surface area contributed by atoms with Crippen LogP contribution in [0.25, 0.3) is 11.0 Å². The van der Waals surface area contributed by atoms with Crippen molar-refractivity contribution in [3.63, 3.8) is 0 Å². The first kappa shape index (κ1) is 10.4. The van der Waals surface area contributed by atoms with Gasteiger partial charge in [-0.2, -0.15) is 5.26 Å². The first-order valence-corrected chi connectivity index (χ1v) is 5.80. The minimum Gasteiger partial charge on any atom is -0.379 e. The second-order valence-corrected chi connectivity index (χ2v) is 4.27. The Morgan fingerprint density at radius 3 is 3.24 bits per heavy atom. The van der Waals surface area contributed by atoms with Crippen LogP contribution in [0.3, 0.4) is 0 Å². The molecule has 1 aliphatic rings. The molecule has 3 heterocycles. The third-order valence-electron chi connectivity index (χ3n) is 3.02. The van der Waals surface area contributed by atoms with E-state index in [-0.39, 0.29) is 0 Å². The maximum Gasteiger partial charge on any atom is 0.153 e. The van der Waals surface area contributed by atoms with Crippen LogP contribution in [0.4, 0.5) is 0 Å². The summed E-state index contributed by atoms with van der Waals surface area (Å²) in [5.74, 6) is 0. The van der Waals surface area contributed by atoms with Gasteiger partial charge in [-0.05, 0) is 0 Å². The molecule has 2 aromatic rings. The highest BCUT2D eigenvalue weighted by molar-refractivity contribution is 7.71. The zero-order chi connectivity index (χ0) is 11.8. The first-order valence-electron chi connectivity index (χ1n) is 5.39. The molecule has 1 N–H and O–H groups in total. The average molecular weight is 246 g/mol. The highest BCUT2D eigenvalue weighted by Crippen LogP contribution is 2.25. The van der Waals surface area contributed by atoms with Gasteiger partial charge in [0.05, 0.1) is 30.6 Å². The minimum absolute atomic E-state index is 0.531. The van der Waals surface area contributed by atoms with E-state index in [1.807, 2.05) is 0 Å². The molecule has 0 radical (unpaired) electrons. The van der Waals surface area contributed by atoms with Crippen molar-refractivity contribution in [2.45, 2.75) is 13.0 Å². The van der Waals surface area contributed by atoms with E-state index in [2.05, 4.69) is 20.6 Å². The lowest BCUT2D eigenvalue weighted by Crippen LogP contribution is -2.04. The van der Waals surface area contributed by atoms with Crippen LogP contribution in [-0.2, 0) is 17.7 Å². The number of hydrogen-bond donors (Lipinski definition) is 1. The summed E-state index contributed by atoms with van der Waals surface area (Å²) in [6.07, 6.45) is 2.28. The van der Waals surface area contributed by atoms with Gasteiger partial charge in [-0.25, -0.2) is 4.98 Å². The summed E-state index contributed by atoms with van der Waals surface area (Å²) >= 11 is 5.24. The van der Waals surface area contributed by atoms with Crippen LogP contribution in [0.2, 0.25) is 0 Å². The topological polar surface area (TPSA) is 66.6 Å². The average Bonchev–Trinajstić information content (AvgIpc) is 2.49. The largest absolute Gasteiger partial charge is 0.379 e. The van der Waals surface area contributed by atoms with Crippen molar-refractivity contribution < 1.29 is 4.74 Å². The molecule has 6 heteroatoms. The van der Waals surface area contributed by atoms with Crippen LogP contribution in [0.5, 0.6) is 0 Å². The SMILES string of the molecule is N#Cc1c2n(c3c(=S)nc[nH]c13)CCOCC2.